The number of benzene rings is 6. The molecule has 9 rings (SSSR count). The molecule has 2 aromatic heterocycles. The zero-order valence-corrected chi connectivity index (χ0v) is 30.6. The van der Waals surface area contributed by atoms with Crippen LogP contribution in [-0.4, -0.2) is 19.5 Å². The molecule has 0 amide bonds. The maximum absolute atomic E-state index is 5.13. The fourth-order valence-electron chi connectivity index (χ4n) is 7.66. The van der Waals surface area contributed by atoms with Crippen molar-refractivity contribution in [1.29, 1.82) is 0 Å². The Bertz CT molecular complexity index is 2710. The van der Waals surface area contributed by atoms with E-state index in [0.717, 1.165) is 67.7 Å². The topological polar surface area (TPSA) is 43.6 Å². The van der Waals surface area contributed by atoms with Gasteiger partial charge in [-0.25, -0.2) is 15.0 Å². The third-order valence-electron chi connectivity index (χ3n) is 10.3. The van der Waals surface area contributed by atoms with Crippen LogP contribution >= 0.6 is 0 Å². The van der Waals surface area contributed by atoms with Gasteiger partial charge in [0.1, 0.15) is 0 Å². The lowest BCUT2D eigenvalue weighted by Gasteiger charge is -2.14. The second-order valence-corrected chi connectivity index (χ2v) is 13.7. The smallest absolute Gasteiger partial charge is 0.164 e. The number of aromatic nitrogens is 4. The maximum atomic E-state index is 5.13. The first-order valence-electron chi connectivity index (χ1n) is 18.6. The van der Waals surface area contributed by atoms with Crippen LogP contribution in [0, 0.1) is 0 Å². The maximum Gasteiger partial charge on any atom is 0.164 e. The zero-order valence-electron chi connectivity index (χ0n) is 30.6. The van der Waals surface area contributed by atoms with E-state index in [2.05, 4.69) is 139 Å². The molecular weight excluding hydrogens is 669 g/mol. The molecule has 0 fully saturated rings. The summed E-state index contributed by atoms with van der Waals surface area (Å²) in [7, 11) is 0. The molecule has 0 aliphatic heterocycles. The zero-order chi connectivity index (χ0) is 37.1. The third-order valence-corrected chi connectivity index (χ3v) is 10.3. The van der Waals surface area contributed by atoms with Crippen molar-refractivity contribution in [3.63, 3.8) is 0 Å². The molecule has 1 aliphatic rings. The molecular formula is C51H38N4. The van der Waals surface area contributed by atoms with Gasteiger partial charge in [-0.3, -0.25) is 0 Å². The van der Waals surface area contributed by atoms with Crippen molar-refractivity contribution in [2.75, 3.05) is 0 Å². The highest BCUT2D eigenvalue weighted by molar-refractivity contribution is 6.05. The minimum absolute atomic E-state index is 0.637. The number of fused-ring (bicyclic) bond motifs is 2. The van der Waals surface area contributed by atoms with E-state index in [1.165, 1.54) is 16.7 Å². The molecule has 2 heterocycles. The highest BCUT2D eigenvalue weighted by atomic mass is 15.0. The summed E-state index contributed by atoms with van der Waals surface area (Å²) in [4.78, 5) is 15.2. The molecule has 0 bridgehead atoms. The molecule has 55 heavy (non-hydrogen) atoms. The van der Waals surface area contributed by atoms with Crippen LogP contribution in [0.4, 0.5) is 0 Å². The largest absolute Gasteiger partial charge is 0.310 e. The predicted octanol–water partition coefficient (Wildman–Crippen LogP) is 12.7. The van der Waals surface area contributed by atoms with Gasteiger partial charge in [0.15, 0.2) is 17.5 Å². The van der Waals surface area contributed by atoms with Crippen molar-refractivity contribution in [3.05, 3.63) is 210 Å². The number of hydrogen-bond acceptors (Lipinski definition) is 3. The van der Waals surface area contributed by atoms with Gasteiger partial charge < -0.3 is 4.57 Å². The Hall–Kier alpha value is -7.17. The fourth-order valence-corrected chi connectivity index (χ4v) is 7.66. The van der Waals surface area contributed by atoms with Crippen LogP contribution in [0.2, 0.25) is 0 Å². The van der Waals surface area contributed by atoms with Crippen molar-refractivity contribution >= 4 is 40.1 Å². The minimum atomic E-state index is 0.637. The van der Waals surface area contributed by atoms with Crippen LogP contribution in [-0.2, 0) is 6.42 Å². The molecule has 4 heteroatoms. The fraction of sp³-hybridized carbons (Fsp3) is 0.0392. The van der Waals surface area contributed by atoms with E-state index < -0.39 is 0 Å². The van der Waals surface area contributed by atoms with E-state index in [1.54, 1.807) is 0 Å². The van der Waals surface area contributed by atoms with E-state index in [0.29, 0.717) is 17.5 Å². The Morgan fingerprint density at radius 1 is 0.600 bits per heavy atom. The lowest BCUT2D eigenvalue weighted by Crippen LogP contribution is -2.01. The molecule has 4 nitrogen and oxygen atoms in total. The summed E-state index contributed by atoms with van der Waals surface area (Å²) in [5.74, 6) is 1.92. The van der Waals surface area contributed by atoms with Gasteiger partial charge in [-0.15, -0.1) is 0 Å². The minimum Gasteiger partial charge on any atom is -0.310 e. The quantitative estimate of drug-likeness (QED) is 0.158. The first-order valence-corrected chi connectivity index (χ1v) is 18.6. The summed E-state index contributed by atoms with van der Waals surface area (Å²) < 4.78 is 2.34. The number of hydrogen-bond donors (Lipinski definition) is 0. The average Bonchev–Trinajstić information content (AvgIpc) is 3.38. The van der Waals surface area contributed by atoms with Crippen LogP contribution in [0.3, 0.4) is 0 Å². The first-order chi connectivity index (χ1) is 27.2. The Kier molecular flexibility index (Phi) is 8.99. The predicted molar refractivity (Wildman–Crippen MR) is 230 cm³/mol. The number of allylic oxidation sites excluding steroid dienone is 4. The number of nitrogens with zero attached hydrogens (tertiary/aromatic N) is 4. The van der Waals surface area contributed by atoms with Crippen molar-refractivity contribution in [2.24, 2.45) is 0 Å². The highest BCUT2D eigenvalue weighted by Gasteiger charge is 2.22. The van der Waals surface area contributed by atoms with E-state index in [1.807, 2.05) is 66.7 Å². The van der Waals surface area contributed by atoms with Gasteiger partial charge in [0.25, 0.3) is 0 Å². The third kappa shape index (κ3) is 6.45. The van der Waals surface area contributed by atoms with Crippen LogP contribution in [0.15, 0.2) is 176 Å². The summed E-state index contributed by atoms with van der Waals surface area (Å²) >= 11 is 0. The summed E-state index contributed by atoms with van der Waals surface area (Å²) in [5.41, 5.74) is 13.3. The van der Waals surface area contributed by atoms with E-state index in [4.69, 9.17) is 15.0 Å². The van der Waals surface area contributed by atoms with Gasteiger partial charge in [-0.05, 0) is 76.9 Å². The van der Waals surface area contributed by atoms with E-state index >= 15 is 0 Å². The van der Waals surface area contributed by atoms with Crippen LogP contribution in [0.1, 0.15) is 40.6 Å². The molecule has 6 aromatic carbocycles. The molecule has 0 spiro atoms. The van der Waals surface area contributed by atoms with Crippen LogP contribution in [0.25, 0.3) is 80.0 Å². The second kappa shape index (κ2) is 14.7. The molecule has 8 aromatic rings. The lowest BCUT2D eigenvalue weighted by atomic mass is 9.92. The molecule has 0 saturated carbocycles. The van der Waals surface area contributed by atoms with Crippen molar-refractivity contribution in [2.45, 2.75) is 13.3 Å². The van der Waals surface area contributed by atoms with Crippen LogP contribution in [0.5, 0.6) is 0 Å². The number of para-hydroxylation sites is 1. The summed E-state index contributed by atoms with van der Waals surface area (Å²) in [6, 6.07) is 54.4. The Morgan fingerprint density at radius 3 is 1.78 bits per heavy atom. The Balaban J connectivity index is 1.24. The first kappa shape index (κ1) is 33.7. The van der Waals surface area contributed by atoms with Gasteiger partial charge in [0, 0.05) is 33.3 Å². The standard InChI is InChI=1S/C51H38N4/c1-3-46-45(43-32-30-37(36-18-8-4-9-19-36)31-33-47(43)55(46)41-26-14-7-15-27-41)34-35(2)42-28-16-24-38-25-17-29-44(48(38)42)51-53-49(39-20-10-5-11-21-39)52-50(54-51)40-22-12-6-13-23-40/h3-31,33-34H,1,32H2,2H3/b35-34+. The number of rotatable bonds is 8. The SMILES string of the molecule is C=Cc1c(/C=C(\C)c2cccc3cccc(-c4nc(-c5ccccc5)nc(-c5ccccc5)n4)c23)c2c(n1-c1ccccc1)C=CC(c1ccccc1)=CC2. The normalized spacial score (nSPS) is 12.6. The Morgan fingerprint density at radius 2 is 1.16 bits per heavy atom. The Labute approximate surface area is 321 Å². The second-order valence-electron chi connectivity index (χ2n) is 13.7. The molecule has 0 radical (unpaired) electrons. The summed E-state index contributed by atoms with van der Waals surface area (Å²) in [6.45, 7) is 6.55. The average molecular weight is 707 g/mol. The van der Waals surface area contributed by atoms with Crippen molar-refractivity contribution in [1.82, 2.24) is 19.5 Å². The summed E-state index contributed by atoms with van der Waals surface area (Å²) in [6.07, 6.45) is 12.0. The van der Waals surface area contributed by atoms with E-state index in [-0.39, 0.29) is 0 Å². The highest BCUT2D eigenvalue weighted by Crippen LogP contribution is 2.39. The van der Waals surface area contributed by atoms with Gasteiger partial charge in [-0.1, -0.05) is 164 Å². The van der Waals surface area contributed by atoms with Crippen LogP contribution < -0.4 is 0 Å². The van der Waals surface area contributed by atoms with Gasteiger partial charge >= 0.3 is 0 Å². The van der Waals surface area contributed by atoms with Gasteiger partial charge in [-0.2, -0.15) is 0 Å². The molecule has 1 aliphatic carbocycles. The molecule has 262 valence electrons. The van der Waals surface area contributed by atoms with E-state index in [9.17, 15) is 0 Å². The van der Waals surface area contributed by atoms with Gasteiger partial charge in [0.2, 0.25) is 0 Å². The molecule has 0 atom stereocenters. The molecule has 0 unspecified atom stereocenters. The monoisotopic (exact) mass is 706 g/mol. The van der Waals surface area contributed by atoms with Gasteiger partial charge in [0.05, 0.1) is 11.4 Å². The summed E-state index contributed by atoms with van der Waals surface area (Å²) in [5, 5.41) is 2.22. The molecule has 0 N–H and O–H groups in total. The lowest BCUT2D eigenvalue weighted by molar-refractivity contribution is 1.04. The molecule has 0 saturated heterocycles. The van der Waals surface area contributed by atoms with Crippen molar-refractivity contribution < 1.29 is 0 Å². The van der Waals surface area contributed by atoms with Crippen molar-refractivity contribution in [3.8, 4) is 39.9 Å².